The molecule has 2 nitrogen and oxygen atoms in total. The minimum absolute atomic E-state index is 0.225. The zero-order chi connectivity index (χ0) is 14.0. The van der Waals surface area contributed by atoms with Crippen LogP contribution < -0.4 is 5.32 Å². The number of benzene rings is 2. The first-order valence-corrected chi connectivity index (χ1v) is 7.33. The van der Waals surface area contributed by atoms with E-state index in [1.807, 2.05) is 0 Å². The topological polar surface area (TPSA) is 21.3 Å². The van der Waals surface area contributed by atoms with Crippen molar-refractivity contribution in [2.45, 2.75) is 19.4 Å². The summed E-state index contributed by atoms with van der Waals surface area (Å²) < 4.78 is 5.54. The lowest BCUT2D eigenvalue weighted by Crippen LogP contribution is -2.26. The third-order valence-corrected chi connectivity index (χ3v) is 3.21. The lowest BCUT2D eigenvalue weighted by atomic mass is 9.99. The van der Waals surface area contributed by atoms with Gasteiger partial charge in [0.15, 0.2) is 0 Å². The van der Waals surface area contributed by atoms with Crippen molar-refractivity contribution in [3.63, 3.8) is 0 Å². The fraction of sp³-hybridized carbons (Fsp3) is 0.333. The predicted molar refractivity (Wildman–Crippen MR) is 83.8 cm³/mol. The second-order valence-electron chi connectivity index (χ2n) is 4.82. The lowest BCUT2D eigenvalue weighted by Gasteiger charge is -2.20. The van der Waals surface area contributed by atoms with Crippen LogP contribution in [0.1, 0.15) is 30.5 Å². The van der Waals surface area contributed by atoms with Crippen LogP contribution in [0.2, 0.25) is 0 Å². The van der Waals surface area contributed by atoms with Crippen LogP contribution in [-0.2, 0) is 4.74 Å². The second kappa shape index (κ2) is 8.51. The van der Waals surface area contributed by atoms with Gasteiger partial charge in [0.05, 0.1) is 12.6 Å². The van der Waals surface area contributed by atoms with Crippen LogP contribution in [0.15, 0.2) is 60.7 Å². The Morgan fingerprint density at radius 2 is 1.40 bits per heavy atom. The van der Waals surface area contributed by atoms with Crippen molar-refractivity contribution in [3.05, 3.63) is 71.8 Å². The van der Waals surface area contributed by atoms with E-state index in [9.17, 15) is 0 Å². The Labute approximate surface area is 121 Å². The molecule has 20 heavy (non-hydrogen) atoms. The first-order valence-electron chi connectivity index (χ1n) is 7.33. The van der Waals surface area contributed by atoms with E-state index in [1.165, 1.54) is 11.1 Å². The summed E-state index contributed by atoms with van der Waals surface area (Å²) >= 11 is 0. The summed E-state index contributed by atoms with van der Waals surface area (Å²) in [4.78, 5) is 0. The maximum atomic E-state index is 5.54. The van der Waals surface area contributed by atoms with Crippen LogP contribution in [0.3, 0.4) is 0 Å². The molecule has 2 rings (SSSR count). The van der Waals surface area contributed by atoms with Gasteiger partial charge < -0.3 is 10.1 Å². The molecule has 2 aromatic carbocycles. The Kier molecular flexibility index (Phi) is 6.28. The van der Waals surface area contributed by atoms with Crippen molar-refractivity contribution < 1.29 is 4.74 Å². The van der Waals surface area contributed by atoms with Crippen molar-refractivity contribution in [3.8, 4) is 0 Å². The zero-order valence-electron chi connectivity index (χ0n) is 12.1. The average molecular weight is 269 g/mol. The molecule has 0 spiro atoms. The van der Waals surface area contributed by atoms with Crippen LogP contribution >= 0.6 is 0 Å². The first kappa shape index (κ1) is 14.8. The molecule has 0 saturated heterocycles. The summed E-state index contributed by atoms with van der Waals surface area (Å²) in [5, 5.41) is 3.59. The molecule has 0 bridgehead atoms. The molecule has 0 unspecified atom stereocenters. The molecule has 0 aliphatic carbocycles. The van der Waals surface area contributed by atoms with Crippen molar-refractivity contribution in [1.29, 1.82) is 0 Å². The van der Waals surface area contributed by atoms with Gasteiger partial charge in [0, 0.05) is 13.2 Å². The van der Waals surface area contributed by atoms with Crippen LogP contribution in [0, 0.1) is 0 Å². The highest BCUT2D eigenvalue weighted by atomic mass is 16.5. The Balaban J connectivity index is 2.02. The van der Waals surface area contributed by atoms with Crippen molar-refractivity contribution >= 4 is 0 Å². The molecule has 2 heteroatoms. The summed E-state index contributed by atoms with van der Waals surface area (Å²) in [6.45, 7) is 4.58. The largest absolute Gasteiger partial charge is 0.380 e. The molecule has 0 aliphatic rings. The monoisotopic (exact) mass is 269 g/mol. The molecule has 0 saturated carbocycles. The van der Waals surface area contributed by atoms with Gasteiger partial charge in [-0.1, -0.05) is 67.6 Å². The van der Waals surface area contributed by atoms with Gasteiger partial charge in [-0.05, 0) is 17.5 Å². The zero-order valence-corrected chi connectivity index (χ0v) is 12.1. The van der Waals surface area contributed by atoms with Crippen molar-refractivity contribution in [2.75, 3.05) is 19.8 Å². The Hall–Kier alpha value is -1.64. The van der Waals surface area contributed by atoms with Gasteiger partial charge in [-0.3, -0.25) is 0 Å². The van der Waals surface area contributed by atoms with Crippen LogP contribution in [-0.4, -0.2) is 19.8 Å². The minimum atomic E-state index is 0.225. The first-order chi connectivity index (χ1) is 9.92. The summed E-state index contributed by atoms with van der Waals surface area (Å²) in [7, 11) is 0. The maximum Gasteiger partial charge on any atom is 0.0591 e. The highest BCUT2D eigenvalue weighted by Crippen LogP contribution is 2.21. The Morgan fingerprint density at radius 1 is 0.850 bits per heavy atom. The van der Waals surface area contributed by atoms with Gasteiger partial charge >= 0.3 is 0 Å². The third kappa shape index (κ3) is 4.48. The molecule has 0 aromatic heterocycles. The highest BCUT2D eigenvalue weighted by molar-refractivity contribution is 5.31. The van der Waals surface area contributed by atoms with E-state index in [1.54, 1.807) is 0 Å². The van der Waals surface area contributed by atoms with Crippen LogP contribution in [0.25, 0.3) is 0 Å². The Bertz CT molecular complexity index is 430. The molecule has 106 valence electrons. The highest BCUT2D eigenvalue weighted by Gasteiger charge is 2.12. The molecule has 2 aromatic rings. The lowest BCUT2D eigenvalue weighted by molar-refractivity contribution is 0.135. The smallest absolute Gasteiger partial charge is 0.0591 e. The molecular weight excluding hydrogens is 246 g/mol. The normalized spacial score (nSPS) is 10.9. The summed E-state index contributed by atoms with van der Waals surface area (Å²) in [5.41, 5.74) is 2.57. The summed E-state index contributed by atoms with van der Waals surface area (Å²) in [6, 6.07) is 21.3. The molecule has 1 N–H and O–H groups in total. The minimum Gasteiger partial charge on any atom is -0.380 e. The molecule has 0 amide bonds. The summed E-state index contributed by atoms with van der Waals surface area (Å²) in [5.74, 6) is 0. The van der Waals surface area contributed by atoms with Crippen LogP contribution in [0.5, 0.6) is 0 Å². The fourth-order valence-corrected chi connectivity index (χ4v) is 2.24. The average Bonchev–Trinajstić information content (AvgIpc) is 2.53. The number of ether oxygens (including phenoxy) is 1. The molecule has 0 aliphatic heterocycles. The third-order valence-electron chi connectivity index (χ3n) is 3.21. The van der Waals surface area contributed by atoms with E-state index in [4.69, 9.17) is 4.74 Å². The molecular formula is C18H23NO. The molecule has 0 atom stereocenters. The van der Waals surface area contributed by atoms with Gasteiger partial charge in [-0.2, -0.15) is 0 Å². The standard InChI is InChI=1S/C18H23NO/c1-2-14-20-15-13-19-18(16-9-5-3-6-10-16)17-11-7-4-8-12-17/h3-12,18-19H,2,13-15H2,1H3. The Morgan fingerprint density at radius 3 is 1.90 bits per heavy atom. The van der Waals surface area contributed by atoms with E-state index in [0.29, 0.717) is 0 Å². The van der Waals surface area contributed by atoms with Crippen molar-refractivity contribution in [1.82, 2.24) is 5.32 Å². The maximum absolute atomic E-state index is 5.54. The van der Waals surface area contributed by atoms with Gasteiger partial charge in [0.2, 0.25) is 0 Å². The summed E-state index contributed by atoms with van der Waals surface area (Å²) in [6.07, 6.45) is 1.07. The van der Waals surface area contributed by atoms with E-state index in [2.05, 4.69) is 72.9 Å². The molecule has 0 fully saturated rings. The second-order valence-corrected chi connectivity index (χ2v) is 4.82. The van der Waals surface area contributed by atoms with Gasteiger partial charge in [-0.25, -0.2) is 0 Å². The van der Waals surface area contributed by atoms with E-state index in [0.717, 1.165) is 26.2 Å². The number of rotatable bonds is 8. The number of hydrogen-bond acceptors (Lipinski definition) is 2. The van der Waals surface area contributed by atoms with E-state index >= 15 is 0 Å². The molecule has 0 radical (unpaired) electrons. The van der Waals surface area contributed by atoms with Gasteiger partial charge in [0.25, 0.3) is 0 Å². The SMILES string of the molecule is CCCOCCNC(c1ccccc1)c1ccccc1. The fourth-order valence-electron chi connectivity index (χ4n) is 2.24. The molecule has 0 heterocycles. The van der Waals surface area contributed by atoms with Gasteiger partial charge in [0.1, 0.15) is 0 Å². The van der Waals surface area contributed by atoms with Gasteiger partial charge in [-0.15, -0.1) is 0 Å². The van der Waals surface area contributed by atoms with E-state index < -0.39 is 0 Å². The van der Waals surface area contributed by atoms with Crippen LogP contribution in [0.4, 0.5) is 0 Å². The quantitative estimate of drug-likeness (QED) is 0.736. The number of hydrogen-bond donors (Lipinski definition) is 1. The van der Waals surface area contributed by atoms with E-state index in [-0.39, 0.29) is 6.04 Å². The predicted octanol–water partition coefficient (Wildman–Crippen LogP) is 3.79. The number of nitrogens with one attached hydrogen (secondary N) is 1. The van der Waals surface area contributed by atoms with Crippen molar-refractivity contribution in [2.24, 2.45) is 0 Å².